The van der Waals surface area contributed by atoms with E-state index in [1.54, 1.807) is 21.5 Å². The summed E-state index contributed by atoms with van der Waals surface area (Å²) < 4.78 is 0. The Morgan fingerprint density at radius 1 is 0.655 bits per heavy atom. The van der Waals surface area contributed by atoms with Gasteiger partial charge in [-0.15, -0.1) is 0 Å². The zero-order valence-electron chi connectivity index (χ0n) is 18.6. The van der Waals surface area contributed by atoms with Crippen LogP contribution in [0.1, 0.15) is 23.6 Å². The second-order valence-corrected chi connectivity index (χ2v) is 35.2. The highest BCUT2D eigenvalue weighted by molar-refractivity contribution is 7.74. The molecule has 0 bridgehead atoms. The Labute approximate surface area is 179 Å². The topological polar surface area (TPSA) is 0 Å². The van der Waals surface area contributed by atoms with E-state index in [1.165, 1.54) is 12.5 Å². The van der Waals surface area contributed by atoms with Crippen LogP contribution in [0.15, 0.2) is 84.9 Å². The lowest BCUT2D eigenvalue weighted by molar-refractivity contribution is 0.912. The Hall–Kier alpha value is -1.69. The van der Waals surface area contributed by atoms with Gasteiger partial charge in [0, 0.05) is 0 Å². The van der Waals surface area contributed by atoms with Crippen molar-refractivity contribution >= 4 is 32.7 Å². The molecule has 0 saturated heterocycles. The van der Waals surface area contributed by atoms with Gasteiger partial charge >= 0.3 is 0 Å². The third-order valence-electron chi connectivity index (χ3n) is 8.27. The zero-order chi connectivity index (χ0) is 20.7. The van der Waals surface area contributed by atoms with E-state index in [0.29, 0.717) is 0 Å². The number of aryl methyl sites for hydroxylation is 1. The summed E-state index contributed by atoms with van der Waals surface area (Å²) in [4.78, 5) is 0. The second-order valence-electron chi connectivity index (χ2n) is 9.87. The van der Waals surface area contributed by atoms with Crippen molar-refractivity contribution in [2.45, 2.75) is 51.1 Å². The van der Waals surface area contributed by atoms with Crippen molar-refractivity contribution in [1.82, 2.24) is 0 Å². The van der Waals surface area contributed by atoms with Crippen molar-refractivity contribution in [2.24, 2.45) is 0 Å². The van der Waals surface area contributed by atoms with Crippen LogP contribution in [-0.4, -0.2) is 22.3 Å². The van der Waals surface area contributed by atoms with E-state index < -0.39 is 22.3 Å². The molecular formula is C26H34Si3. The Balaban J connectivity index is 1.99. The molecule has 1 aliphatic rings. The maximum absolute atomic E-state index is 2.72. The maximum Gasteiger partial charge on any atom is 0.0729 e. The molecule has 4 rings (SSSR count). The van der Waals surface area contributed by atoms with Gasteiger partial charge in [0.1, 0.15) is 0 Å². The minimum atomic E-state index is -1.70. The summed E-state index contributed by atoms with van der Waals surface area (Å²) in [6.07, 6.45) is 1.28. The molecule has 0 aromatic heterocycles. The number of fused-ring (bicyclic) bond motifs is 1. The molecule has 150 valence electrons. The Morgan fingerprint density at radius 3 is 1.62 bits per heavy atom. The Kier molecular flexibility index (Phi) is 5.34. The van der Waals surface area contributed by atoms with Crippen molar-refractivity contribution in [3.05, 3.63) is 96.1 Å². The summed E-state index contributed by atoms with van der Waals surface area (Å²) >= 11 is 0. The third-order valence-corrected chi connectivity index (χ3v) is 49.6. The van der Waals surface area contributed by atoms with Crippen LogP contribution in [0.25, 0.3) is 0 Å². The number of rotatable bonds is 4. The molecule has 0 nitrogen and oxygen atoms in total. The van der Waals surface area contributed by atoms with E-state index in [-0.39, 0.29) is 0 Å². The monoisotopic (exact) mass is 430 g/mol. The van der Waals surface area contributed by atoms with E-state index in [1.807, 2.05) is 0 Å². The van der Waals surface area contributed by atoms with Crippen LogP contribution in [-0.2, 0) is 6.42 Å². The van der Waals surface area contributed by atoms with Gasteiger partial charge in [-0.05, 0) is 23.1 Å². The molecule has 1 aliphatic heterocycles. The normalized spacial score (nSPS) is 18.9. The molecule has 0 aliphatic carbocycles. The number of hydrogen-bond donors (Lipinski definition) is 0. The lowest BCUT2D eigenvalue weighted by atomic mass is 10.0. The molecule has 3 aromatic carbocycles. The fourth-order valence-corrected chi connectivity index (χ4v) is 54.0. The predicted molar refractivity (Wildman–Crippen MR) is 136 cm³/mol. The fourth-order valence-electron chi connectivity index (χ4n) is 6.71. The van der Waals surface area contributed by atoms with Crippen molar-refractivity contribution in [2.75, 3.05) is 0 Å². The molecule has 3 aromatic rings. The molecule has 0 amide bonds. The summed E-state index contributed by atoms with van der Waals surface area (Å²) in [6, 6.07) is 34.0. The first-order valence-electron chi connectivity index (χ1n) is 11.0. The Morgan fingerprint density at radius 2 is 1.10 bits per heavy atom. The lowest BCUT2D eigenvalue weighted by Crippen LogP contribution is -2.83. The summed E-state index contributed by atoms with van der Waals surface area (Å²) in [5.41, 5.74) is 3.99. The highest BCUT2D eigenvalue weighted by atomic mass is 29.6. The van der Waals surface area contributed by atoms with Crippen molar-refractivity contribution in [3.8, 4) is 0 Å². The predicted octanol–water partition coefficient (Wildman–Crippen LogP) is 5.72. The smallest absolute Gasteiger partial charge is 0.0675 e. The highest BCUT2D eigenvalue weighted by Gasteiger charge is 2.63. The van der Waals surface area contributed by atoms with Gasteiger partial charge in [-0.25, -0.2) is 0 Å². The largest absolute Gasteiger partial charge is 0.0729 e. The molecule has 1 atom stereocenters. The van der Waals surface area contributed by atoms with Gasteiger partial charge in [0.15, 0.2) is 0 Å². The second kappa shape index (κ2) is 7.53. The van der Waals surface area contributed by atoms with Gasteiger partial charge in [0.05, 0.1) is 22.3 Å². The first kappa shape index (κ1) is 20.6. The standard InChI is InChI=1S/C26H34Si3/c1-22-26-19-13-12-14-23(26)20-21-29(22,27(2,3)24-15-8-6-9-16-24)28(4,5)25-17-10-7-11-18-25/h6-19,22H,20-21H2,1-5H3/t22-/m0/s1. The first-order chi connectivity index (χ1) is 13.8. The lowest BCUT2D eigenvalue weighted by Gasteiger charge is -2.59. The van der Waals surface area contributed by atoms with Crippen LogP contribution in [0.4, 0.5) is 0 Å². The van der Waals surface area contributed by atoms with E-state index in [9.17, 15) is 0 Å². The van der Waals surface area contributed by atoms with Gasteiger partial charge in [0.2, 0.25) is 0 Å². The molecular weight excluding hydrogens is 397 g/mol. The van der Waals surface area contributed by atoms with Crippen LogP contribution in [0.5, 0.6) is 0 Å². The molecule has 0 unspecified atom stereocenters. The SMILES string of the molecule is C[C@H]1c2ccccc2CC[Si]1([Si](C)(C)c1ccccc1)[Si](C)(C)c1ccccc1. The quantitative estimate of drug-likeness (QED) is 0.464. The highest BCUT2D eigenvalue weighted by Crippen LogP contribution is 2.47. The first-order valence-corrected chi connectivity index (χ1v) is 21.3. The minimum Gasteiger partial charge on any atom is -0.0675 e. The molecule has 0 saturated carbocycles. The van der Waals surface area contributed by atoms with E-state index >= 15 is 0 Å². The molecule has 0 radical (unpaired) electrons. The van der Waals surface area contributed by atoms with E-state index in [4.69, 9.17) is 0 Å². The third kappa shape index (κ3) is 3.06. The number of benzene rings is 3. The number of hydrogen-bond acceptors (Lipinski definition) is 0. The van der Waals surface area contributed by atoms with Gasteiger partial charge in [0.25, 0.3) is 0 Å². The Bertz CT molecular complexity index is 926. The van der Waals surface area contributed by atoms with Gasteiger partial charge in [-0.1, -0.05) is 134 Å². The van der Waals surface area contributed by atoms with Crippen molar-refractivity contribution in [3.63, 3.8) is 0 Å². The molecule has 1 heterocycles. The van der Waals surface area contributed by atoms with E-state index in [2.05, 4.69) is 118 Å². The summed E-state index contributed by atoms with van der Waals surface area (Å²) in [5.74, 6) is 0. The van der Waals surface area contributed by atoms with E-state index in [0.717, 1.165) is 5.54 Å². The van der Waals surface area contributed by atoms with Crippen LogP contribution in [0, 0.1) is 0 Å². The average Bonchev–Trinajstić information content (AvgIpc) is 2.75. The van der Waals surface area contributed by atoms with Crippen molar-refractivity contribution < 1.29 is 0 Å². The average molecular weight is 431 g/mol. The van der Waals surface area contributed by atoms with Crippen LogP contribution in [0.2, 0.25) is 32.2 Å². The fraction of sp³-hybridized carbons (Fsp3) is 0.308. The zero-order valence-corrected chi connectivity index (χ0v) is 21.6. The molecule has 0 spiro atoms. The maximum atomic E-state index is 2.72. The molecule has 29 heavy (non-hydrogen) atoms. The van der Waals surface area contributed by atoms with Gasteiger partial charge in [-0.2, -0.15) is 0 Å². The van der Waals surface area contributed by atoms with Crippen LogP contribution < -0.4 is 10.4 Å². The summed E-state index contributed by atoms with van der Waals surface area (Å²) in [5, 5.41) is 3.35. The molecule has 0 fully saturated rings. The summed E-state index contributed by atoms with van der Waals surface area (Å²) in [7, 11) is -5.05. The minimum absolute atomic E-state index is 0.719. The van der Waals surface area contributed by atoms with Gasteiger partial charge < -0.3 is 0 Å². The molecule has 0 N–H and O–H groups in total. The van der Waals surface area contributed by atoms with Gasteiger partial charge in [-0.3, -0.25) is 0 Å². The van der Waals surface area contributed by atoms with Crippen LogP contribution in [0.3, 0.4) is 0 Å². The van der Waals surface area contributed by atoms with Crippen LogP contribution >= 0.6 is 0 Å². The van der Waals surface area contributed by atoms with Crippen molar-refractivity contribution in [1.29, 1.82) is 0 Å². The molecule has 3 heteroatoms. The summed E-state index contributed by atoms with van der Waals surface area (Å²) in [6.45, 7) is 13.5.